The third kappa shape index (κ3) is 4.30. The van der Waals surface area contributed by atoms with Gasteiger partial charge in [0, 0.05) is 58.5 Å². The molecule has 0 atom stereocenters. The second-order valence-electron chi connectivity index (χ2n) is 8.76. The topological polar surface area (TPSA) is 35.9 Å². The van der Waals surface area contributed by atoms with Crippen molar-refractivity contribution in [2.45, 2.75) is 37.0 Å². The van der Waals surface area contributed by atoms with Gasteiger partial charge in [-0.05, 0) is 56.2 Å². The van der Waals surface area contributed by atoms with Crippen LogP contribution in [0.5, 0.6) is 0 Å². The van der Waals surface area contributed by atoms with Gasteiger partial charge >= 0.3 is 0 Å². The Balaban J connectivity index is 1.34. The number of anilines is 1. The summed E-state index contributed by atoms with van der Waals surface area (Å²) in [7, 11) is 0. The van der Waals surface area contributed by atoms with Crippen molar-refractivity contribution < 1.29 is 4.79 Å². The fraction of sp³-hybridized carbons (Fsp3) is 0.286. The Morgan fingerprint density at radius 3 is 2.48 bits per heavy atom. The lowest BCUT2D eigenvalue weighted by atomic mass is 10.1. The number of hydrogen-bond donors (Lipinski definition) is 0. The van der Waals surface area contributed by atoms with Crippen molar-refractivity contribution in [3.05, 3.63) is 82.9 Å². The van der Waals surface area contributed by atoms with Gasteiger partial charge < -0.3 is 9.80 Å². The fourth-order valence-corrected chi connectivity index (χ4v) is 5.73. The van der Waals surface area contributed by atoms with Crippen LogP contribution in [-0.4, -0.2) is 42.7 Å². The van der Waals surface area contributed by atoms with E-state index in [-0.39, 0.29) is 5.91 Å². The van der Waals surface area contributed by atoms with E-state index in [0.717, 1.165) is 54.5 Å². The number of carbonyl (C=O) groups excluding carboxylic acids is 1. The molecule has 0 radical (unpaired) electrons. The zero-order valence-corrected chi connectivity index (χ0v) is 20.3. The smallest absolute Gasteiger partial charge is 0.254 e. The highest BCUT2D eigenvalue weighted by molar-refractivity contribution is 7.99. The highest BCUT2D eigenvalue weighted by Crippen LogP contribution is 2.41. The molecule has 0 saturated carbocycles. The van der Waals surface area contributed by atoms with E-state index in [2.05, 4.69) is 74.2 Å². The predicted octanol–water partition coefficient (Wildman–Crippen LogP) is 6.26. The number of hydrogen-bond acceptors (Lipinski definition) is 4. The van der Waals surface area contributed by atoms with Crippen molar-refractivity contribution in [3.8, 4) is 0 Å². The molecule has 3 aromatic rings. The van der Waals surface area contributed by atoms with Gasteiger partial charge in [0.25, 0.3) is 5.91 Å². The molecule has 0 aliphatic carbocycles. The molecule has 3 aromatic carbocycles. The average molecular weight is 456 g/mol. The highest BCUT2D eigenvalue weighted by atomic mass is 32.2. The molecule has 0 bridgehead atoms. The minimum atomic E-state index is 0.0955. The second-order valence-corrected chi connectivity index (χ2v) is 9.85. The minimum Gasteiger partial charge on any atom is -0.368 e. The van der Waals surface area contributed by atoms with Crippen LogP contribution in [0.3, 0.4) is 0 Å². The lowest BCUT2D eigenvalue weighted by Gasteiger charge is -2.37. The van der Waals surface area contributed by atoms with Gasteiger partial charge in [0.15, 0.2) is 0 Å². The number of aryl methyl sites for hydroxylation is 2. The van der Waals surface area contributed by atoms with Crippen molar-refractivity contribution in [1.82, 2.24) is 4.90 Å². The van der Waals surface area contributed by atoms with Crippen molar-refractivity contribution in [3.63, 3.8) is 0 Å². The summed E-state index contributed by atoms with van der Waals surface area (Å²) >= 11 is 1.73. The van der Waals surface area contributed by atoms with Crippen molar-refractivity contribution in [2.24, 2.45) is 4.99 Å². The van der Waals surface area contributed by atoms with Gasteiger partial charge in [0.2, 0.25) is 0 Å². The molecule has 1 saturated heterocycles. The molecular formula is C28H29N3OS. The summed E-state index contributed by atoms with van der Waals surface area (Å²) < 4.78 is 0. The number of amides is 1. The molecule has 168 valence electrons. The molecule has 5 heteroatoms. The summed E-state index contributed by atoms with van der Waals surface area (Å²) in [5.41, 5.74) is 7.73. The Morgan fingerprint density at radius 2 is 1.73 bits per heavy atom. The first-order valence-corrected chi connectivity index (χ1v) is 12.5. The van der Waals surface area contributed by atoms with Gasteiger partial charge in [-0.3, -0.25) is 9.79 Å². The maximum Gasteiger partial charge on any atom is 0.254 e. The number of piperazine rings is 1. The first-order chi connectivity index (χ1) is 16.0. The van der Waals surface area contributed by atoms with Gasteiger partial charge in [-0.15, -0.1) is 0 Å². The lowest BCUT2D eigenvalue weighted by molar-refractivity contribution is 0.0746. The van der Waals surface area contributed by atoms with E-state index in [9.17, 15) is 4.79 Å². The van der Waals surface area contributed by atoms with E-state index in [1.54, 1.807) is 11.8 Å². The van der Waals surface area contributed by atoms with Crippen molar-refractivity contribution >= 4 is 34.8 Å². The van der Waals surface area contributed by atoms with E-state index in [1.165, 1.54) is 27.3 Å². The highest BCUT2D eigenvalue weighted by Gasteiger charge is 2.24. The molecule has 1 amide bonds. The van der Waals surface area contributed by atoms with E-state index >= 15 is 0 Å². The Morgan fingerprint density at radius 1 is 0.939 bits per heavy atom. The Kier molecular flexibility index (Phi) is 5.98. The van der Waals surface area contributed by atoms with E-state index < -0.39 is 0 Å². The number of carbonyl (C=O) groups is 1. The molecule has 1 fully saturated rings. The predicted molar refractivity (Wildman–Crippen MR) is 138 cm³/mol. The molecule has 0 aromatic heterocycles. The van der Waals surface area contributed by atoms with Crippen LogP contribution < -0.4 is 4.90 Å². The van der Waals surface area contributed by atoms with E-state index in [4.69, 9.17) is 4.99 Å². The largest absolute Gasteiger partial charge is 0.368 e. The third-order valence-electron chi connectivity index (χ3n) is 6.47. The number of nitrogens with zero attached hydrogens (tertiary/aromatic N) is 3. The molecule has 5 rings (SSSR count). The maximum atomic E-state index is 13.3. The van der Waals surface area contributed by atoms with E-state index in [1.807, 2.05) is 17.0 Å². The van der Waals surface area contributed by atoms with E-state index in [0.29, 0.717) is 0 Å². The van der Waals surface area contributed by atoms with Crippen LogP contribution in [0.1, 0.15) is 40.4 Å². The zero-order valence-electron chi connectivity index (χ0n) is 19.5. The van der Waals surface area contributed by atoms with Gasteiger partial charge in [0.1, 0.15) is 0 Å². The van der Waals surface area contributed by atoms with Crippen molar-refractivity contribution in [2.75, 3.05) is 31.1 Å². The molecule has 2 aliphatic heterocycles. The summed E-state index contributed by atoms with van der Waals surface area (Å²) in [6, 6.07) is 21.0. The quantitative estimate of drug-likeness (QED) is 0.468. The second kappa shape index (κ2) is 9.06. The molecule has 0 unspecified atom stereocenters. The minimum absolute atomic E-state index is 0.0955. The van der Waals surface area contributed by atoms with Crippen LogP contribution >= 0.6 is 11.8 Å². The summed E-state index contributed by atoms with van der Waals surface area (Å²) in [6.07, 6.45) is 0.857. The average Bonchev–Trinajstić information content (AvgIpc) is 2.99. The number of rotatable bonds is 3. The molecule has 2 heterocycles. The molecule has 2 aliphatic rings. The summed E-state index contributed by atoms with van der Waals surface area (Å²) in [4.78, 5) is 25.0. The van der Waals surface area contributed by atoms with Gasteiger partial charge in [-0.2, -0.15) is 0 Å². The van der Waals surface area contributed by atoms with Gasteiger partial charge in [-0.1, -0.05) is 54.6 Å². The Hall–Kier alpha value is -3.05. The monoisotopic (exact) mass is 455 g/mol. The first kappa shape index (κ1) is 21.8. The summed E-state index contributed by atoms with van der Waals surface area (Å²) in [5.74, 6) is 0.0955. The fourth-order valence-electron chi connectivity index (χ4n) is 4.70. The first-order valence-electron chi connectivity index (χ1n) is 11.6. The number of aliphatic imine (C=N–C) groups is 1. The van der Waals surface area contributed by atoms with Gasteiger partial charge in [0.05, 0.1) is 5.69 Å². The molecule has 33 heavy (non-hydrogen) atoms. The zero-order chi connectivity index (χ0) is 22.9. The summed E-state index contributed by atoms with van der Waals surface area (Å²) in [6.45, 7) is 9.58. The standard InChI is InChI=1S/C28H29N3OS/c1-4-23-22-7-5-6-8-26(22)33-27-12-10-21(18-24(27)29-23)28(32)31-15-13-30(14-16-31)25-11-9-19(2)17-20(25)3/h5-12,17-18H,4,13-16H2,1-3H3. The normalized spacial score (nSPS) is 15.4. The van der Waals surface area contributed by atoms with Crippen LogP contribution in [0.2, 0.25) is 0 Å². The third-order valence-corrected chi connectivity index (χ3v) is 7.61. The summed E-state index contributed by atoms with van der Waals surface area (Å²) in [5, 5.41) is 0. The SMILES string of the molecule is CCC1=Nc2cc(C(=O)N3CCN(c4ccc(C)cc4C)CC3)ccc2Sc2ccccc21. The molecule has 4 nitrogen and oxygen atoms in total. The number of benzene rings is 3. The number of fused-ring (bicyclic) bond motifs is 2. The Labute approximate surface area is 200 Å². The van der Waals surface area contributed by atoms with Gasteiger partial charge in [-0.25, -0.2) is 0 Å². The molecular weight excluding hydrogens is 426 g/mol. The van der Waals surface area contributed by atoms with Crippen LogP contribution in [0.15, 0.2) is 75.4 Å². The van der Waals surface area contributed by atoms with Crippen LogP contribution in [0.4, 0.5) is 11.4 Å². The van der Waals surface area contributed by atoms with Crippen LogP contribution in [0, 0.1) is 13.8 Å². The van der Waals surface area contributed by atoms with Crippen LogP contribution in [-0.2, 0) is 0 Å². The molecule has 0 N–H and O–H groups in total. The maximum absolute atomic E-state index is 13.3. The molecule has 0 spiro atoms. The lowest BCUT2D eigenvalue weighted by Crippen LogP contribution is -2.49. The Bertz CT molecular complexity index is 1240. The van der Waals surface area contributed by atoms with Crippen molar-refractivity contribution in [1.29, 1.82) is 0 Å². The van der Waals surface area contributed by atoms with Crippen LogP contribution in [0.25, 0.3) is 0 Å².